The van der Waals surface area contributed by atoms with Crippen LogP contribution in [0.15, 0.2) is 29.2 Å². The van der Waals surface area contributed by atoms with Crippen molar-refractivity contribution in [3.8, 4) is 0 Å². The first-order valence-corrected chi connectivity index (χ1v) is 5.10. The molecule has 0 radical (unpaired) electrons. The van der Waals surface area contributed by atoms with Crippen molar-refractivity contribution < 1.29 is 0 Å². The van der Waals surface area contributed by atoms with Crippen molar-refractivity contribution in [1.29, 1.82) is 0 Å². The van der Waals surface area contributed by atoms with Gasteiger partial charge in [-0.1, -0.05) is 12.1 Å². The van der Waals surface area contributed by atoms with Gasteiger partial charge < -0.3 is 5.01 Å². The Morgan fingerprint density at radius 3 is 2.92 bits per heavy atom. The summed E-state index contributed by atoms with van der Waals surface area (Å²) < 4.78 is 0. The molecule has 0 saturated heterocycles. The third kappa shape index (κ3) is 2.30. The Morgan fingerprint density at radius 1 is 1.31 bits per heavy atom. The second-order valence-corrected chi connectivity index (χ2v) is 4.00. The monoisotopic (exact) mass is 216 g/mol. The van der Waals surface area contributed by atoms with Crippen LogP contribution in [0.3, 0.4) is 0 Å². The van der Waals surface area contributed by atoms with Gasteiger partial charge in [-0.25, -0.2) is 5.84 Å². The first-order chi connectivity index (χ1) is 5.88. The average Bonchev–Trinajstić information content (AvgIpc) is 2.29. The van der Waals surface area contributed by atoms with Gasteiger partial charge in [0, 0.05) is 11.4 Å². The molecule has 72 valence electrons. The number of para-hydroxylation sites is 1. The number of rotatable bonds is 0. The number of hydrogen-bond donors (Lipinski definition) is 1. The van der Waals surface area contributed by atoms with Crippen molar-refractivity contribution in [3.63, 3.8) is 0 Å². The molecule has 2 nitrogen and oxygen atoms in total. The van der Waals surface area contributed by atoms with E-state index in [9.17, 15) is 0 Å². The number of halogens is 1. The largest absolute Gasteiger partial charge is 0.310 e. The van der Waals surface area contributed by atoms with E-state index in [4.69, 9.17) is 5.84 Å². The Balaban J connectivity index is 0.000000845. The van der Waals surface area contributed by atoms with Gasteiger partial charge in [0.25, 0.3) is 0 Å². The van der Waals surface area contributed by atoms with E-state index in [0.29, 0.717) is 0 Å². The van der Waals surface area contributed by atoms with Crippen LogP contribution in [0.2, 0.25) is 0 Å². The first-order valence-electron chi connectivity index (χ1n) is 4.12. The minimum atomic E-state index is 0. The maximum absolute atomic E-state index is 5.87. The van der Waals surface area contributed by atoms with Crippen LogP contribution in [0.5, 0.6) is 0 Å². The molecule has 0 aliphatic carbocycles. The van der Waals surface area contributed by atoms with Gasteiger partial charge in [-0.15, -0.1) is 24.2 Å². The molecule has 2 N–H and O–H groups in total. The lowest BCUT2D eigenvalue weighted by atomic mass is 10.3. The van der Waals surface area contributed by atoms with Gasteiger partial charge in [0.1, 0.15) is 0 Å². The van der Waals surface area contributed by atoms with Crippen LogP contribution >= 0.6 is 24.2 Å². The summed E-state index contributed by atoms with van der Waals surface area (Å²) in [5.41, 5.74) is 1.17. The minimum absolute atomic E-state index is 0. The molecular formula is C9H13ClN2S. The first kappa shape index (κ1) is 10.7. The van der Waals surface area contributed by atoms with Crippen molar-refractivity contribution in [1.82, 2.24) is 0 Å². The Hall–Kier alpha value is -0.380. The predicted molar refractivity (Wildman–Crippen MR) is 60.6 cm³/mol. The Morgan fingerprint density at radius 2 is 2.08 bits per heavy atom. The molecule has 0 bridgehead atoms. The molecule has 1 aliphatic heterocycles. The minimum Gasteiger partial charge on any atom is -0.310 e. The summed E-state index contributed by atoms with van der Waals surface area (Å²) >= 11 is 1.89. The van der Waals surface area contributed by atoms with Crippen molar-refractivity contribution in [2.45, 2.75) is 11.3 Å². The van der Waals surface area contributed by atoms with Gasteiger partial charge in [0.2, 0.25) is 0 Å². The molecule has 1 aromatic rings. The molecule has 1 aromatic carbocycles. The lowest BCUT2D eigenvalue weighted by Gasteiger charge is -2.17. The normalized spacial score (nSPS) is 15.6. The summed E-state index contributed by atoms with van der Waals surface area (Å²) in [6.45, 7) is 0.962. The highest BCUT2D eigenvalue weighted by molar-refractivity contribution is 7.99. The Kier molecular flexibility index (Phi) is 3.90. The fraction of sp³-hybridized carbons (Fsp3) is 0.333. The van der Waals surface area contributed by atoms with Crippen LogP contribution in [0, 0.1) is 0 Å². The number of thioether (sulfide) groups is 1. The molecule has 1 heterocycles. The quantitative estimate of drug-likeness (QED) is 0.675. The lowest BCUT2D eigenvalue weighted by molar-refractivity contribution is 0.812. The van der Waals surface area contributed by atoms with Crippen LogP contribution < -0.4 is 10.9 Å². The molecule has 0 fully saturated rings. The average molecular weight is 217 g/mol. The molecule has 0 amide bonds. The lowest BCUT2D eigenvalue weighted by Crippen LogP contribution is -2.31. The van der Waals surface area contributed by atoms with Crippen LogP contribution in [-0.4, -0.2) is 12.3 Å². The van der Waals surface area contributed by atoms with Gasteiger partial charge >= 0.3 is 0 Å². The van der Waals surface area contributed by atoms with E-state index in [1.54, 1.807) is 0 Å². The summed E-state index contributed by atoms with van der Waals surface area (Å²) in [6.07, 6.45) is 1.16. The van der Waals surface area contributed by atoms with E-state index in [0.717, 1.165) is 13.0 Å². The Bertz CT molecular complexity index is 280. The van der Waals surface area contributed by atoms with Crippen LogP contribution in [0.25, 0.3) is 0 Å². The SMILES string of the molecule is Cl.NN1CCCSc2ccccc21. The molecule has 2 rings (SSSR count). The molecule has 4 heteroatoms. The van der Waals surface area contributed by atoms with E-state index < -0.39 is 0 Å². The number of nitrogens with two attached hydrogens (primary N) is 1. The highest BCUT2D eigenvalue weighted by Crippen LogP contribution is 2.31. The zero-order valence-electron chi connectivity index (χ0n) is 7.27. The zero-order chi connectivity index (χ0) is 8.39. The van der Waals surface area contributed by atoms with Gasteiger partial charge in [-0.05, 0) is 24.3 Å². The van der Waals surface area contributed by atoms with Crippen LogP contribution in [0.4, 0.5) is 5.69 Å². The van der Waals surface area contributed by atoms with Crippen molar-refractivity contribution in [2.24, 2.45) is 5.84 Å². The van der Waals surface area contributed by atoms with E-state index in [1.165, 1.54) is 16.3 Å². The van der Waals surface area contributed by atoms with Gasteiger partial charge in [0.05, 0.1) is 5.69 Å². The van der Waals surface area contributed by atoms with E-state index >= 15 is 0 Å². The summed E-state index contributed by atoms with van der Waals surface area (Å²) in [7, 11) is 0. The van der Waals surface area contributed by atoms with Crippen molar-refractivity contribution in [2.75, 3.05) is 17.3 Å². The van der Waals surface area contributed by atoms with Crippen molar-refractivity contribution >= 4 is 29.9 Å². The van der Waals surface area contributed by atoms with Gasteiger partial charge in [0.15, 0.2) is 0 Å². The standard InChI is InChI=1S/C9H12N2S.ClH/c10-11-6-3-7-12-9-5-2-1-4-8(9)11;/h1-2,4-5H,3,6-7,10H2;1H. The number of anilines is 1. The summed E-state index contributed by atoms with van der Waals surface area (Å²) in [5, 5.41) is 1.84. The molecular weight excluding hydrogens is 204 g/mol. The summed E-state index contributed by atoms with van der Waals surface area (Å²) in [4.78, 5) is 1.30. The van der Waals surface area contributed by atoms with E-state index in [-0.39, 0.29) is 12.4 Å². The predicted octanol–water partition coefficient (Wildman–Crippen LogP) is 2.28. The molecule has 13 heavy (non-hydrogen) atoms. The second kappa shape index (κ2) is 4.74. The number of hydrazine groups is 1. The Labute approximate surface area is 88.9 Å². The van der Waals surface area contributed by atoms with Crippen molar-refractivity contribution in [3.05, 3.63) is 24.3 Å². The van der Waals surface area contributed by atoms with E-state index in [1.807, 2.05) is 22.8 Å². The van der Waals surface area contributed by atoms with Crippen LogP contribution in [0.1, 0.15) is 6.42 Å². The molecule has 1 aliphatic rings. The smallest absolute Gasteiger partial charge is 0.0652 e. The van der Waals surface area contributed by atoms with E-state index in [2.05, 4.69) is 18.2 Å². The maximum atomic E-state index is 5.87. The molecule has 0 aromatic heterocycles. The number of nitrogens with zero attached hydrogens (tertiary/aromatic N) is 1. The zero-order valence-corrected chi connectivity index (χ0v) is 8.90. The molecule has 0 unspecified atom stereocenters. The third-order valence-electron chi connectivity index (χ3n) is 1.98. The summed E-state index contributed by atoms with van der Waals surface area (Å²) in [5.74, 6) is 7.04. The fourth-order valence-corrected chi connectivity index (χ4v) is 2.36. The highest BCUT2D eigenvalue weighted by Gasteiger charge is 2.11. The molecule has 0 spiro atoms. The summed E-state index contributed by atoms with van der Waals surface area (Å²) in [6, 6.07) is 8.30. The second-order valence-electron chi connectivity index (χ2n) is 2.86. The third-order valence-corrected chi connectivity index (χ3v) is 3.12. The number of benzene rings is 1. The number of fused-ring (bicyclic) bond motifs is 1. The van der Waals surface area contributed by atoms with Gasteiger partial charge in [-0.3, -0.25) is 0 Å². The molecule has 0 atom stereocenters. The number of hydrogen-bond acceptors (Lipinski definition) is 3. The van der Waals surface area contributed by atoms with Crippen LogP contribution in [-0.2, 0) is 0 Å². The topological polar surface area (TPSA) is 29.3 Å². The highest BCUT2D eigenvalue weighted by atomic mass is 35.5. The fourth-order valence-electron chi connectivity index (χ4n) is 1.35. The molecule has 0 saturated carbocycles. The maximum Gasteiger partial charge on any atom is 0.0652 e. The van der Waals surface area contributed by atoms with Gasteiger partial charge in [-0.2, -0.15) is 0 Å².